The van der Waals surface area contributed by atoms with Crippen molar-refractivity contribution in [3.8, 4) is 11.5 Å². The van der Waals surface area contributed by atoms with Gasteiger partial charge in [0.05, 0.1) is 26.2 Å². The maximum Gasteiger partial charge on any atom is 0.161 e. The van der Waals surface area contributed by atoms with Crippen LogP contribution in [0.1, 0.15) is 43.4 Å². The highest BCUT2D eigenvalue weighted by Crippen LogP contribution is 2.61. The molecule has 4 heteroatoms. The van der Waals surface area contributed by atoms with Gasteiger partial charge in [-0.15, -0.1) is 6.58 Å². The number of allylic oxidation sites excluding steroid dienone is 1. The van der Waals surface area contributed by atoms with E-state index in [-0.39, 0.29) is 17.8 Å². The molecule has 4 nitrogen and oxygen atoms in total. The molecule has 118 valence electrons. The lowest BCUT2D eigenvalue weighted by molar-refractivity contribution is -0.128. The van der Waals surface area contributed by atoms with E-state index in [1.54, 1.807) is 21.1 Å². The van der Waals surface area contributed by atoms with Gasteiger partial charge in [-0.05, 0) is 49.4 Å². The Balaban J connectivity index is 2.14. The van der Waals surface area contributed by atoms with E-state index in [1.165, 1.54) is 0 Å². The molecule has 2 aliphatic heterocycles. The molecule has 0 radical (unpaired) electrons. The molecule has 0 N–H and O–H groups in total. The quantitative estimate of drug-likeness (QED) is 0.754. The van der Waals surface area contributed by atoms with Crippen molar-refractivity contribution in [1.82, 2.24) is 0 Å². The third-order valence-electron chi connectivity index (χ3n) is 4.93. The van der Waals surface area contributed by atoms with Gasteiger partial charge < -0.3 is 14.2 Å². The minimum Gasteiger partial charge on any atom is -0.493 e. The lowest BCUT2D eigenvalue weighted by Crippen LogP contribution is -2.36. The molecule has 2 heterocycles. The van der Waals surface area contributed by atoms with Crippen LogP contribution in [-0.4, -0.2) is 20.0 Å². The zero-order chi connectivity index (χ0) is 15.9. The minimum atomic E-state index is -0.542. The standard InChI is InChI=1S/C18H22O4/c1-5-6-7-18-13(11(2)19)9-15(22-18)12-8-16(20-3)17(21-4)10-14(12)18/h5,8,10,13,15H,1,6-7,9H2,2-4H3/t13-,15+,18-/m1/s1. The van der Waals surface area contributed by atoms with Crippen LogP contribution in [0.3, 0.4) is 0 Å². The number of carbonyl (C=O) groups is 1. The lowest BCUT2D eigenvalue weighted by atomic mass is 9.70. The van der Waals surface area contributed by atoms with Gasteiger partial charge >= 0.3 is 0 Å². The van der Waals surface area contributed by atoms with Gasteiger partial charge in [0, 0.05) is 0 Å². The van der Waals surface area contributed by atoms with Crippen LogP contribution in [0.25, 0.3) is 0 Å². The Labute approximate surface area is 131 Å². The summed E-state index contributed by atoms with van der Waals surface area (Å²) in [7, 11) is 3.25. The summed E-state index contributed by atoms with van der Waals surface area (Å²) in [4.78, 5) is 12.1. The molecule has 1 saturated heterocycles. The van der Waals surface area contributed by atoms with Crippen molar-refractivity contribution in [2.24, 2.45) is 5.92 Å². The van der Waals surface area contributed by atoms with E-state index >= 15 is 0 Å². The van der Waals surface area contributed by atoms with Gasteiger partial charge in [0.2, 0.25) is 0 Å². The van der Waals surface area contributed by atoms with Gasteiger partial charge in [-0.25, -0.2) is 0 Å². The summed E-state index contributed by atoms with van der Waals surface area (Å²) in [6.45, 7) is 5.46. The van der Waals surface area contributed by atoms with Crippen molar-refractivity contribution in [2.45, 2.75) is 37.9 Å². The normalized spacial score (nSPS) is 28.3. The molecule has 1 aromatic rings. The summed E-state index contributed by atoms with van der Waals surface area (Å²) in [5.41, 5.74) is 1.65. The van der Waals surface area contributed by atoms with Gasteiger partial charge in [-0.1, -0.05) is 6.08 Å². The largest absolute Gasteiger partial charge is 0.493 e. The Morgan fingerprint density at radius 1 is 1.41 bits per heavy atom. The summed E-state index contributed by atoms with van der Waals surface area (Å²) in [5.74, 6) is 1.48. The number of methoxy groups -OCH3 is 2. The molecular formula is C18H22O4. The van der Waals surface area contributed by atoms with Gasteiger partial charge in [0.25, 0.3) is 0 Å². The molecule has 3 rings (SSSR count). The molecule has 0 saturated carbocycles. The zero-order valence-corrected chi connectivity index (χ0v) is 13.3. The topological polar surface area (TPSA) is 44.8 Å². The van der Waals surface area contributed by atoms with Crippen LogP contribution in [0.4, 0.5) is 0 Å². The number of ketones is 1. The summed E-state index contributed by atoms with van der Waals surface area (Å²) in [6.07, 6.45) is 4.16. The van der Waals surface area contributed by atoms with Gasteiger partial charge in [-0.2, -0.15) is 0 Å². The number of hydrogen-bond acceptors (Lipinski definition) is 4. The predicted molar refractivity (Wildman–Crippen MR) is 83.3 cm³/mol. The fourth-order valence-corrected chi connectivity index (χ4v) is 3.94. The van der Waals surface area contributed by atoms with Crippen molar-refractivity contribution in [3.05, 3.63) is 35.9 Å². The van der Waals surface area contributed by atoms with Crippen molar-refractivity contribution in [3.63, 3.8) is 0 Å². The summed E-state index contributed by atoms with van der Waals surface area (Å²) in [6, 6.07) is 3.97. The first kappa shape index (κ1) is 15.1. The molecule has 2 aliphatic rings. The Kier molecular flexibility index (Phi) is 3.73. The summed E-state index contributed by atoms with van der Waals surface area (Å²) < 4.78 is 17.1. The first-order valence-electron chi connectivity index (χ1n) is 7.63. The average Bonchev–Trinajstić information content (AvgIpc) is 3.05. The Bertz CT molecular complexity index is 622. The molecule has 1 fully saturated rings. The highest BCUT2D eigenvalue weighted by Gasteiger charge is 2.58. The molecule has 2 bridgehead atoms. The van der Waals surface area contributed by atoms with Crippen LogP contribution in [0, 0.1) is 5.92 Å². The summed E-state index contributed by atoms with van der Waals surface area (Å²) >= 11 is 0. The number of ether oxygens (including phenoxy) is 3. The van der Waals surface area contributed by atoms with E-state index < -0.39 is 5.60 Å². The van der Waals surface area contributed by atoms with Crippen LogP contribution in [0.15, 0.2) is 24.8 Å². The molecule has 0 aromatic heterocycles. The Morgan fingerprint density at radius 3 is 2.68 bits per heavy atom. The maximum atomic E-state index is 12.1. The van der Waals surface area contributed by atoms with Gasteiger partial charge in [0.1, 0.15) is 11.4 Å². The van der Waals surface area contributed by atoms with E-state index in [0.717, 1.165) is 30.4 Å². The number of fused-ring (bicyclic) bond motifs is 5. The van der Waals surface area contributed by atoms with Crippen molar-refractivity contribution in [2.75, 3.05) is 14.2 Å². The van der Waals surface area contributed by atoms with Crippen LogP contribution < -0.4 is 9.47 Å². The van der Waals surface area contributed by atoms with Gasteiger partial charge in [0.15, 0.2) is 11.5 Å². The van der Waals surface area contributed by atoms with Crippen LogP contribution in [0.2, 0.25) is 0 Å². The zero-order valence-electron chi connectivity index (χ0n) is 13.3. The number of benzene rings is 1. The average molecular weight is 302 g/mol. The monoisotopic (exact) mass is 302 g/mol. The Hall–Kier alpha value is -1.81. The molecule has 1 aromatic carbocycles. The molecule has 0 aliphatic carbocycles. The molecule has 0 unspecified atom stereocenters. The van der Waals surface area contributed by atoms with Crippen LogP contribution in [-0.2, 0) is 15.1 Å². The SMILES string of the molecule is C=CCC[C@@]12O[C@@H](C[C@@H]1C(C)=O)c1cc(OC)c(OC)cc12. The van der Waals surface area contributed by atoms with E-state index in [9.17, 15) is 4.79 Å². The van der Waals surface area contributed by atoms with E-state index in [2.05, 4.69) is 6.58 Å². The van der Waals surface area contributed by atoms with Crippen molar-refractivity contribution >= 4 is 5.78 Å². The lowest BCUT2D eigenvalue weighted by Gasteiger charge is -2.33. The second-order valence-electron chi connectivity index (χ2n) is 6.02. The third kappa shape index (κ3) is 1.97. The van der Waals surface area contributed by atoms with Crippen LogP contribution in [0.5, 0.6) is 11.5 Å². The summed E-state index contributed by atoms with van der Waals surface area (Å²) in [5, 5.41) is 0. The maximum absolute atomic E-state index is 12.1. The molecular weight excluding hydrogens is 280 g/mol. The number of hydrogen-bond donors (Lipinski definition) is 0. The first-order chi connectivity index (χ1) is 10.6. The van der Waals surface area contributed by atoms with E-state index in [4.69, 9.17) is 14.2 Å². The molecule has 3 atom stereocenters. The van der Waals surface area contributed by atoms with E-state index in [1.807, 2.05) is 18.2 Å². The van der Waals surface area contributed by atoms with Crippen molar-refractivity contribution in [1.29, 1.82) is 0 Å². The predicted octanol–water partition coefficient (Wildman–Crippen LogP) is 3.55. The van der Waals surface area contributed by atoms with Gasteiger partial charge in [-0.3, -0.25) is 4.79 Å². The Morgan fingerprint density at radius 2 is 2.09 bits per heavy atom. The third-order valence-corrected chi connectivity index (χ3v) is 4.93. The number of Topliss-reactive ketones (excluding diaryl/α,β-unsaturated/α-hetero) is 1. The molecule has 22 heavy (non-hydrogen) atoms. The fourth-order valence-electron chi connectivity index (χ4n) is 3.94. The number of carbonyl (C=O) groups excluding carboxylic acids is 1. The highest BCUT2D eigenvalue weighted by molar-refractivity contribution is 5.81. The highest BCUT2D eigenvalue weighted by atomic mass is 16.5. The second kappa shape index (κ2) is 5.43. The fraction of sp³-hybridized carbons (Fsp3) is 0.500. The molecule has 0 amide bonds. The van der Waals surface area contributed by atoms with E-state index in [0.29, 0.717) is 11.5 Å². The molecule has 0 spiro atoms. The second-order valence-corrected chi connectivity index (χ2v) is 6.02. The minimum absolute atomic E-state index is 0.0338. The first-order valence-corrected chi connectivity index (χ1v) is 7.63. The smallest absolute Gasteiger partial charge is 0.161 e. The van der Waals surface area contributed by atoms with Crippen LogP contribution >= 0.6 is 0 Å². The van der Waals surface area contributed by atoms with Crippen molar-refractivity contribution < 1.29 is 19.0 Å². The number of rotatable bonds is 6.